The topological polar surface area (TPSA) is 104 Å². The van der Waals surface area contributed by atoms with Crippen LogP contribution in [-0.2, 0) is 25.1 Å². The predicted octanol–water partition coefficient (Wildman–Crippen LogP) is 6.41. The van der Waals surface area contributed by atoms with Crippen LogP contribution in [0.4, 0.5) is 0 Å². The molecule has 11 heteroatoms. The maximum absolute atomic E-state index is 14.4. The highest BCUT2D eigenvalue weighted by molar-refractivity contribution is 7.91. The van der Waals surface area contributed by atoms with Gasteiger partial charge in [0.05, 0.1) is 10.6 Å². The summed E-state index contributed by atoms with van der Waals surface area (Å²) in [5, 5.41) is 11.7. The lowest BCUT2D eigenvalue weighted by Crippen LogP contribution is -2.39. The zero-order chi connectivity index (χ0) is 28.1. The van der Waals surface area contributed by atoms with Crippen LogP contribution in [-0.4, -0.2) is 46.1 Å². The monoisotopic (exact) mass is 597 g/mol. The number of pyridine rings is 1. The molecule has 0 amide bonds. The number of benzene rings is 1. The van der Waals surface area contributed by atoms with Gasteiger partial charge in [-0.1, -0.05) is 17.7 Å². The van der Waals surface area contributed by atoms with Crippen LogP contribution >= 0.6 is 22.9 Å². The Balaban J connectivity index is 1.37. The first kappa shape index (κ1) is 27.2. The SMILES string of the molecule is COCOC1(c2ncc(C3=CCC(C)(S(=O)(=O)n4c(-c5ccc(O)cc5)cc5cccnc54)C=C3Cl)s2)CCC1. The zero-order valence-corrected chi connectivity index (χ0v) is 24.4. The van der Waals surface area contributed by atoms with Gasteiger partial charge in [-0.15, -0.1) is 11.3 Å². The van der Waals surface area contributed by atoms with E-state index in [2.05, 4.69) is 9.97 Å². The fraction of sp³-hybridized carbons (Fsp3) is 0.310. The second-order valence-electron chi connectivity index (χ2n) is 10.3. The van der Waals surface area contributed by atoms with Crippen molar-refractivity contribution in [1.29, 1.82) is 0 Å². The van der Waals surface area contributed by atoms with E-state index in [1.807, 2.05) is 12.1 Å². The molecular formula is C29H28ClN3O5S2. The smallest absolute Gasteiger partial charge is 0.250 e. The average molecular weight is 598 g/mol. The Morgan fingerprint density at radius 2 is 1.95 bits per heavy atom. The molecule has 1 atom stereocenters. The summed E-state index contributed by atoms with van der Waals surface area (Å²) in [5.41, 5.74) is 1.76. The molecular weight excluding hydrogens is 570 g/mol. The minimum atomic E-state index is -4.06. The van der Waals surface area contributed by atoms with Crippen molar-refractivity contribution < 1.29 is 23.0 Å². The number of thiazole rings is 1. The van der Waals surface area contributed by atoms with Gasteiger partial charge in [-0.05, 0) is 86.7 Å². The number of rotatable bonds is 8. The molecule has 208 valence electrons. The van der Waals surface area contributed by atoms with E-state index in [-0.39, 0.29) is 19.0 Å². The van der Waals surface area contributed by atoms with Gasteiger partial charge in [0.15, 0.2) is 5.65 Å². The van der Waals surface area contributed by atoms with Crippen LogP contribution in [0.5, 0.6) is 5.75 Å². The Kier molecular flexibility index (Phi) is 6.87. The van der Waals surface area contributed by atoms with Crippen LogP contribution in [0.15, 0.2) is 72.0 Å². The summed E-state index contributed by atoms with van der Waals surface area (Å²) in [6, 6.07) is 11.8. The average Bonchev–Trinajstić information content (AvgIpc) is 3.54. The van der Waals surface area contributed by atoms with Gasteiger partial charge in [0.25, 0.3) is 0 Å². The molecule has 40 heavy (non-hydrogen) atoms. The molecule has 0 aliphatic heterocycles. The standard InChI is InChI=1S/C29H28ClN3O5S2/c1-28(13-10-22(23(30)16-28)25-17-32-27(39-25)29(11-4-12-29)38-18-37-2)40(35,36)33-24(19-6-8-21(34)9-7-19)15-20-5-3-14-31-26(20)33/h3,5-10,14-17,34H,4,11-13,18H2,1-2H3. The van der Waals surface area contributed by atoms with Gasteiger partial charge in [0.2, 0.25) is 10.0 Å². The molecule has 3 aromatic heterocycles. The molecule has 2 aliphatic rings. The summed E-state index contributed by atoms with van der Waals surface area (Å²) in [5.74, 6) is 0.0960. The highest BCUT2D eigenvalue weighted by Crippen LogP contribution is 2.48. The van der Waals surface area contributed by atoms with Gasteiger partial charge in [0, 0.05) is 35.5 Å². The number of methoxy groups -OCH3 is 1. The largest absolute Gasteiger partial charge is 0.508 e. The zero-order valence-electron chi connectivity index (χ0n) is 22.0. The molecule has 1 fully saturated rings. The van der Waals surface area contributed by atoms with Gasteiger partial charge in [0.1, 0.15) is 27.9 Å². The van der Waals surface area contributed by atoms with Crippen molar-refractivity contribution in [2.24, 2.45) is 0 Å². The number of aromatic nitrogens is 3. The van der Waals surface area contributed by atoms with Crippen molar-refractivity contribution in [3.8, 4) is 17.0 Å². The molecule has 1 aromatic carbocycles. The molecule has 0 radical (unpaired) electrons. The molecule has 1 saturated carbocycles. The third kappa shape index (κ3) is 4.38. The van der Waals surface area contributed by atoms with E-state index in [4.69, 9.17) is 21.1 Å². The van der Waals surface area contributed by atoms with E-state index >= 15 is 0 Å². The van der Waals surface area contributed by atoms with Crippen molar-refractivity contribution in [3.63, 3.8) is 0 Å². The first-order valence-corrected chi connectivity index (χ1v) is 15.5. The second-order valence-corrected chi connectivity index (χ2v) is 14.0. The van der Waals surface area contributed by atoms with E-state index in [1.165, 1.54) is 27.4 Å². The van der Waals surface area contributed by atoms with Gasteiger partial charge in [-0.3, -0.25) is 0 Å². The Hall–Kier alpha value is -3.02. The first-order chi connectivity index (χ1) is 19.2. The molecule has 4 aromatic rings. The van der Waals surface area contributed by atoms with Crippen molar-refractivity contribution in [1.82, 2.24) is 13.9 Å². The number of phenols is 1. The second kappa shape index (κ2) is 10.1. The summed E-state index contributed by atoms with van der Waals surface area (Å²) in [6.45, 7) is 1.87. The maximum atomic E-state index is 14.4. The van der Waals surface area contributed by atoms with Crippen LogP contribution in [0.2, 0.25) is 0 Å². The third-order valence-corrected chi connectivity index (χ3v) is 11.5. The van der Waals surface area contributed by atoms with E-state index in [9.17, 15) is 13.5 Å². The van der Waals surface area contributed by atoms with Crippen molar-refractivity contribution >= 4 is 49.6 Å². The van der Waals surface area contributed by atoms with Crippen LogP contribution in [0.1, 0.15) is 42.5 Å². The summed E-state index contributed by atoms with van der Waals surface area (Å²) in [4.78, 5) is 9.93. The highest BCUT2D eigenvalue weighted by atomic mass is 35.5. The van der Waals surface area contributed by atoms with Crippen LogP contribution in [0.3, 0.4) is 0 Å². The van der Waals surface area contributed by atoms with Gasteiger partial charge in [-0.25, -0.2) is 22.4 Å². The van der Waals surface area contributed by atoms with Gasteiger partial charge < -0.3 is 14.6 Å². The molecule has 6 rings (SSSR count). The number of ether oxygens (including phenoxy) is 2. The number of halogens is 1. The lowest BCUT2D eigenvalue weighted by Gasteiger charge is -2.39. The Bertz CT molecular complexity index is 1750. The van der Waals surface area contributed by atoms with Crippen LogP contribution in [0.25, 0.3) is 27.9 Å². The van der Waals surface area contributed by atoms with Crippen molar-refractivity contribution in [2.45, 2.75) is 43.0 Å². The molecule has 2 aliphatic carbocycles. The fourth-order valence-electron chi connectivity index (χ4n) is 5.20. The number of hydrogen-bond acceptors (Lipinski definition) is 8. The first-order valence-electron chi connectivity index (χ1n) is 12.9. The van der Waals surface area contributed by atoms with E-state index in [0.29, 0.717) is 27.3 Å². The number of allylic oxidation sites excluding steroid dienone is 3. The third-order valence-electron chi connectivity index (χ3n) is 7.69. The number of phenolic OH excluding ortho intramolecular Hbond substituents is 1. The van der Waals surface area contributed by atoms with Crippen molar-refractivity contribution in [2.75, 3.05) is 13.9 Å². The molecule has 1 unspecified atom stereocenters. The number of fused-ring (bicyclic) bond motifs is 1. The Labute approximate surface area is 241 Å². The predicted molar refractivity (Wildman–Crippen MR) is 157 cm³/mol. The van der Waals surface area contributed by atoms with Crippen molar-refractivity contribution in [3.05, 3.63) is 81.9 Å². The molecule has 0 saturated heterocycles. The summed E-state index contributed by atoms with van der Waals surface area (Å²) < 4.78 is 39.9. The van der Waals surface area contributed by atoms with Gasteiger partial charge in [-0.2, -0.15) is 0 Å². The van der Waals surface area contributed by atoms with E-state index in [0.717, 1.165) is 34.7 Å². The molecule has 3 heterocycles. The Morgan fingerprint density at radius 3 is 2.62 bits per heavy atom. The molecule has 1 N–H and O–H groups in total. The van der Waals surface area contributed by atoms with Crippen LogP contribution in [0, 0.1) is 0 Å². The minimum Gasteiger partial charge on any atom is -0.508 e. The van der Waals surface area contributed by atoms with Gasteiger partial charge >= 0.3 is 0 Å². The maximum Gasteiger partial charge on any atom is 0.250 e. The van der Waals surface area contributed by atoms with Crippen LogP contribution < -0.4 is 0 Å². The number of nitrogens with zero attached hydrogens (tertiary/aromatic N) is 3. The fourth-order valence-corrected chi connectivity index (χ4v) is 8.69. The lowest BCUT2D eigenvalue weighted by atomic mass is 9.80. The normalized spacial score (nSPS) is 20.7. The highest BCUT2D eigenvalue weighted by Gasteiger charge is 2.45. The minimum absolute atomic E-state index is 0.0960. The molecule has 0 spiro atoms. The summed E-state index contributed by atoms with van der Waals surface area (Å²) in [6.07, 6.45) is 9.88. The van der Waals surface area contributed by atoms with E-state index in [1.54, 1.807) is 56.8 Å². The number of aromatic hydroxyl groups is 1. The molecule has 0 bridgehead atoms. The summed E-state index contributed by atoms with van der Waals surface area (Å²) in [7, 11) is -2.46. The lowest BCUT2D eigenvalue weighted by molar-refractivity contribution is -0.171. The van der Waals surface area contributed by atoms with E-state index < -0.39 is 20.4 Å². The molecule has 8 nitrogen and oxygen atoms in total. The quantitative estimate of drug-likeness (QED) is 0.234. The number of hydrogen-bond donors (Lipinski definition) is 1. The Morgan fingerprint density at radius 1 is 1.18 bits per heavy atom. The summed E-state index contributed by atoms with van der Waals surface area (Å²) >= 11 is 8.33.